The number of benzene rings is 6. The van der Waals surface area contributed by atoms with Crippen LogP contribution in [0.2, 0.25) is 0 Å². The van der Waals surface area contributed by atoms with E-state index in [1.165, 1.54) is 4.57 Å². The molecule has 254 valence electrons. The Morgan fingerprint density at radius 2 is 0.889 bits per heavy atom. The van der Waals surface area contributed by atoms with Crippen LogP contribution in [-0.2, 0) is 0 Å². The zero-order valence-electron chi connectivity index (χ0n) is 28.7. The third-order valence-electron chi connectivity index (χ3n) is 9.83. The van der Waals surface area contributed by atoms with Crippen molar-refractivity contribution in [3.05, 3.63) is 191 Å². The molecule has 0 unspecified atom stereocenters. The molecule has 0 amide bonds. The summed E-state index contributed by atoms with van der Waals surface area (Å²) in [6, 6.07) is 52.0. The Bertz CT molecular complexity index is 3130. The second-order valence-electron chi connectivity index (χ2n) is 13.0. The summed E-state index contributed by atoms with van der Waals surface area (Å²) in [7, 11) is 0. The van der Waals surface area contributed by atoms with Crippen molar-refractivity contribution in [1.82, 2.24) is 29.1 Å². The molecule has 8 heteroatoms. The van der Waals surface area contributed by atoms with E-state index in [0.29, 0.717) is 50.3 Å². The molecule has 6 aromatic carbocycles. The number of pyridine rings is 1. The number of fused-ring (bicyclic) bond motifs is 6. The Morgan fingerprint density at radius 3 is 1.50 bits per heavy atom. The highest BCUT2D eigenvalue weighted by atomic mass is 16.2. The van der Waals surface area contributed by atoms with Gasteiger partial charge in [-0.3, -0.25) is 14.2 Å². The molecule has 0 atom stereocenters. The largest absolute Gasteiger partial charge is 0.294 e. The van der Waals surface area contributed by atoms with Gasteiger partial charge in [0.05, 0.1) is 11.2 Å². The Morgan fingerprint density at radius 1 is 0.370 bits per heavy atom. The number of aromatic nitrogens is 6. The summed E-state index contributed by atoms with van der Waals surface area (Å²) in [6.45, 7) is 0. The first-order valence-electron chi connectivity index (χ1n) is 17.6. The number of para-hydroxylation sites is 2. The van der Waals surface area contributed by atoms with Crippen molar-refractivity contribution >= 4 is 43.5 Å². The number of hydrogen-bond donors (Lipinski definition) is 0. The molecule has 0 spiro atoms. The van der Waals surface area contributed by atoms with E-state index in [-0.39, 0.29) is 0 Å². The van der Waals surface area contributed by atoms with Crippen LogP contribution in [0.1, 0.15) is 0 Å². The van der Waals surface area contributed by atoms with E-state index >= 15 is 0 Å². The zero-order chi connectivity index (χ0) is 36.2. The monoisotopic (exact) mass is 696 g/mol. The molecule has 0 fully saturated rings. The molecule has 4 aromatic heterocycles. The quantitative estimate of drug-likeness (QED) is 0.178. The van der Waals surface area contributed by atoms with Crippen LogP contribution in [0.25, 0.3) is 89.0 Å². The molecular formula is C46H28N6O2. The highest BCUT2D eigenvalue weighted by Gasteiger charge is 2.20. The molecule has 10 rings (SSSR count). The summed E-state index contributed by atoms with van der Waals surface area (Å²) in [6.07, 6.45) is 1.77. The fourth-order valence-corrected chi connectivity index (χ4v) is 7.30. The van der Waals surface area contributed by atoms with Gasteiger partial charge < -0.3 is 0 Å². The molecule has 0 aliphatic carbocycles. The third kappa shape index (κ3) is 5.08. The van der Waals surface area contributed by atoms with Gasteiger partial charge in [-0.25, -0.2) is 24.5 Å². The van der Waals surface area contributed by atoms with Gasteiger partial charge >= 0.3 is 0 Å². The third-order valence-corrected chi connectivity index (χ3v) is 9.83. The molecule has 10 aromatic rings. The summed E-state index contributed by atoms with van der Waals surface area (Å²) in [5.74, 6) is 1.49. The Kier molecular flexibility index (Phi) is 7.26. The normalized spacial score (nSPS) is 11.5. The molecule has 0 aliphatic heterocycles. The Balaban J connectivity index is 1.34. The van der Waals surface area contributed by atoms with Crippen molar-refractivity contribution in [3.63, 3.8) is 0 Å². The first-order chi connectivity index (χ1) is 26.6. The molecule has 0 bridgehead atoms. The van der Waals surface area contributed by atoms with Crippen LogP contribution < -0.4 is 11.1 Å². The predicted molar refractivity (Wildman–Crippen MR) is 215 cm³/mol. The lowest BCUT2D eigenvalue weighted by Crippen LogP contribution is -2.28. The smallest absolute Gasteiger partial charge is 0.265 e. The molecule has 54 heavy (non-hydrogen) atoms. The molecule has 8 nitrogen and oxygen atoms in total. The van der Waals surface area contributed by atoms with Crippen LogP contribution in [-0.4, -0.2) is 29.1 Å². The standard InChI is InChI=1S/C46H28N6O2/c53-45-35-24-23-31(43-49-41(29-14-5-1-6-15-29)48-42(50-43)30-16-7-2-8-17-30)26-36(35)37-28-40-38(27-39(37)46(54)52(45)33-20-11-4-12-21-33)34-22-13-25-47-44(34)51(40)32-18-9-3-10-19-32/h1-28H. The molecule has 0 saturated carbocycles. The van der Waals surface area contributed by atoms with Crippen LogP contribution >= 0.6 is 0 Å². The van der Waals surface area contributed by atoms with Crippen molar-refractivity contribution in [3.8, 4) is 45.5 Å². The van der Waals surface area contributed by atoms with E-state index in [1.807, 2.05) is 146 Å². The number of rotatable bonds is 5. The average Bonchev–Trinajstić information content (AvgIpc) is 3.53. The van der Waals surface area contributed by atoms with Crippen LogP contribution in [0.5, 0.6) is 0 Å². The van der Waals surface area contributed by atoms with Gasteiger partial charge in [-0.15, -0.1) is 0 Å². The zero-order valence-corrected chi connectivity index (χ0v) is 28.7. The minimum atomic E-state index is -0.420. The van der Waals surface area contributed by atoms with Gasteiger partial charge in [-0.2, -0.15) is 0 Å². The van der Waals surface area contributed by atoms with Crippen molar-refractivity contribution < 1.29 is 0 Å². The molecule has 0 saturated heterocycles. The molecule has 0 N–H and O–H groups in total. The van der Waals surface area contributed by atoms with E-state index in [4.69, 9.17) is 19.9 Å². The Labute approximate surface area is 308 Å². The van der Waals surface area contributed by atoms with Gasteiger partial charge in [0.25, 0.3) is 11.1 Å². The van der Waals surface area contributed by atoms with Gasteiger partial charge in [-0.05, 0) is 71.4 Å². The molecular weight excluding hydrogens is 669 g/mol. The fraction of sp³-hybridized carbons (Fsp3) is 0. The van der Waals surface area contributed by atoms with E-state index < -0.39 is 11.1 Å². The summed E-state index contributed by atoms with van der Waals surface area (Å²) in [5, 5.41) is 3.76. The maximum atomic E-state index is 14.8. The van der Waals surface area contributed by atoms with Gasteiger partial charge in [0.2, 0.25) is 0 Å². The summed E-state index contributed by atoms with van der Waals surface area (Å²) < 4.78 is 3.37. The van der Waals surface area contributed by atoms with E-state index in [0.717, 1.165) is 38.8 Å². The van der Waals surface area contributed by atoms with E-state index in [2.05, 4.69) is 4.57 Å². The summed E-state index contributed by atoms with van der Waals surface area (Å²) >= 11 is 0. The lowest BCUT2D eigenvalue weighted by Gasteiger charge is -2.09. The van der Waals surface area contributed by atoms with Crippen LogP contribution in [0.15, 0.2) is 180 Å². The Hall–Kier alpha value is -7.58. The summed E-state index contributed by atoms with van der Waals surface area (Å²) in [5.41, 5.74) is 4.58. The van der Waals surface area contributed by atoms with Crippen LogP contribution in [0, 0.1) is 0 Å². The lowest BCUT2D eigenvalue weighted by atomic mass is 10.0. The highest BCUT2D eigenvalue weighted by Crippen LogP contribution is 2.36. The SMILES string of the molecule is O=c1c2ccc(-c3nc(-c4ccccc4)nc(-c4ccccc4)n3)cc2c2cc3c(cc2c(=O)n1-c1ccccc1)c1cccnc1n3-c1ccccc1. The van der Waals surface area contributed by atoms with Crippen LogP contribution in [0.4, 0.5) is 0 Å². The second-order valence-corrected chi connectivity index (χ2v) is 13.0. The van der Waals surface area contributed by atoms with E-state index in [9.17, 15) is 9.59 Å². The first-order valence-corrected chi connectivity index (χ1v) is 17.6. The van der Waals surface area contributed by atoms with Crippen molar-refractivity contribution in [2.45, 2.75) is 0 Å². The minimum absolute atomic E-state index is 0.384. The molecule has 4 heterocycles. The second kappa shape index (κ2) is 12.6. The molecule has 0 aliphatic rings. The fourth-order valence-electron chi connectivity index (χ4n) is 7.30. The summed E-state index contributed by atoms with van der Waals surface area (Å²) in [4.78, 5) is 49.0. The van der Waals surface area contributed by atoms with Gasteiger partial charge in [0, 0.05) is 50.1 Å². The number of hydrogen-bond acceptors (Lipinski definition) is 6. The first kappa shape index (κ1) is 31.2. The van der Waals surface area contributed by atoms with Crippen molar-refractivity contribution in [2.24, 2.45) is 0 Å². The van der Waals surface area contributed by atoms with Crippen molar-refractivity contribution in [1.29, 1.82) is 0 Å². The maximum absolute atomic E-state index is 14.8. The lowest BCUT2D eigenvalue weighted by molar-refractivity contribution is 0.976. The molecule has 0 radical (unpaired) electrons. The van der Waals surface area contributed by atoms with Gasteiger partial charge in [0.1, 0.15) is 5.65 Å². The van der Waals surface area contributed by atoms with Gasteiger partial charge in [-0.1, -0.05) is 103 Å². The van der Waals surface area contributed by atoms with E-state index in [1.54, 1.807) is 24.4 Å². The number of nitrogens with zero attached hydrogens (tertiary/aromatic N) is 6. The highest BCUT2D eigenvalue weighted by molar-refractivity contribution is 6.17. The van der Waals surface area contributed by atoms with Crippen molar-refractivity contribution in [2.75, 3.05) is 0 Å². The van der Waals surface area contributed by atoms with Gasteiger partial charge in [0.15, 0.2) is 17.5 Å². The topological polar surface area (TPSA) is 95.6 Å². The minimum Gasteiger partial charge on any atom is -0.294 e. The predicted octanol–water partition coefficient (Wildman–Crippen LogP) is 9.18. The maximum Gasteiger partial charge on any atom is 0.265 e. The van der Waals surface area contributed by atoms with Crippen LogP contribution in [0.3, 0.4) is 0 Å². The average molecular weight is 697 g/mol.